The number of aryl methyl sites for hydroxylation is 1. The van der Waals surface area contributed by atoms with Crippen LogP contribution in [-0.2, 0) is 16.1 Å². The largest absolute Gasteiger partial charge is 0.478 e. The Labute approximate surface area is 188 Å². The number of allylic oxidation sites excluding steroid dienone is 1. The number of carbonyl (C=O) groups is 2. The van der Waals surface area contributed by atoms with E-state index in [0.717, 1.165) is 40.4 Å². The molecule has 0 saturated carbocycles. The summed E-state index contributed by atoms with van der Waals surface area (Å²) in [4.78, 5) is 23.6. The molecule has 5 nitrogen and oxygen atoms in total. The molecule has 1 N–H and O–H groups in total. The molecule has 0 fully saturated rings. The van der Waals surface area contributed by atoms with Crippen molar-refractivity contribution < 1.29 is 19.4 Å². The first kappa shape index (κ1) is 23.1. The number of nitrogens with zero attached hydrogens (tertiary/aromatic N) is 1. The fourth-order valence-corrected chi connectivity index (χ4v) is 3.70. The highest BCUT2D eigenvalue weighted by atomic mass is 16.5. The number of esters is 1. The van der Waals surface area contributed by atoms with Crippen LogP contribution < -0.4 is 0 Å². The standard InChI is InChI=1S/C27H29NO4/c1-5-7-14-32-27(31)23(6-2)19(4)21-10-8-20(9-11-21)17-28-16-18(3)24-15-22(26(29)30)12-13-25(24)28/h6,8-13,15-16H,4-5,7,14,17H2,1-3H3,(H,29,30)/b23-6+. The van der Waals surface area contributed by atoms with E-state index in [1.807, 2.05) is 50.4 Å². The summed E-state index contributed by atoms with van der Waals surface area (Å²) in [6.45, 7) is 11.0. The van der Waals surface area contributed by atoms with Crippen LogP contribution in [0.4, 0.5) is 0 Å². The van der Waals surface area contributed by atoms with Crippen LogP contribution >= 0.6 is 0 Å². The SMILES string of the molecule is C=C(/C(=C\C)C(=O)OCCCC)c1ccc(Cn2cc(C)c3cc(C(=O)O)ccc32)cc1. The lowest BCUT2D eigenvalue weighted by Gasteiger charge is -2.12. The second-order valence-corrected chi connectivity index (χ2v) is 7.84. The Hall–Kier alpha value is -3.60. The molecule has 0 aliphatic heterocycles. The number of unbranched alkanes of at least 4 members (excludes halogenated alkanes) is 1. The van der Waals surface area contributed by atoms with Crippen molar-refractivity contribution in [3.8, 4) is 0 Å². The van der Waals surface area contributed by atoms with E-state index in [9.17, 15) is 14.7 Å². The summed E-state index contributed by atoms with van der Waals surface area (Å²) < 4.78 is 7.45. The molecule has 0 radical (unpaired) electrons. The fourth-order valence-electron chi connectivity index (χ4n) is 3.70. The number of benzene rings is 2. The van der Waals surface area contributed by atoms with Gasteiger partial charge in [-0.25, -0.2) is 9.59 Å². The summed E-state index contributed by atoms with van der Waals surface area (Å²) >= 11 is 0. The fraction of sp³-hybridized carbons (Fsp3) is 0.259. The van der Waals surface area contributed by atoms with Crippen molar-refractivity contribution >= 4 is 28.4 Å². The van der Waals surface area contributed by atoms with E-state index in [4.69, 9.17) is 4.74 Å². The van der Waals surface area contributed by atoms with Gasteiger partial charge in [0.2, 0.25) is 0 Å². The van der Waals surface area contributed by atoms with Crippen molar-refractivity contribution in [2.24, 2.45) is 0 Å². The molecule has 0 aliphatic carbocycles. The average Bonchev–Trinajstić information content (AvgIpc) is 3.09. The molecule has 2 aromatic carbocycles. The van der Waals surface area contributed by atoms with Gasteiger partial charge < -0.3 is 14.4 Å². The van der Waals surface area contributed by atoms with Crippen LogP contribution in [0.25, 0.3) is 16.5 Å². The smallest absolute Gasteiger partial charge is 0.338 e. The first-order chi connectivity index (χ1) is 15.3. The van der Waals surface area contributed by atoms with Gasteiger partial charge in [-0.05, 0) is 60.7 Å². The number of carboxylic acid groups (broad SMARTS) is 1. The number of fused-ring (bicyclic) bond motifs is 1. The number of carbonyl (C=O) groups excluding carboxylic acids is 1. The second-order valence-electron chi connectivity index (χ2n) is 7.84. The minimum absolute atomic E-state index is 0.286. The normalized spacial score (nSPS) is 11.5. The van der Waals surface area contributed by atoms with Crippen molar-refractivity contribution in [3.63, 3.8) is 0 Å². The maximum Gasteiger partial charge on any atom is 0.338 e. The van der Waals surface area contributed by atoms with Crippen LogP contribution in [0, 0.1) is 6.92 Å². The molecule has 0 unspecified atom stereocenters. The van der Waals surface area contributed by atoms with E-state index in [1.54, 1.807) is 18.2 Å². The maximum absolute atomic E-state index is 12.4. The Morgan fingerprint density at radius 3 is 2.44 bits per heavy atom. The molecule has 3 rings (SSSR count). The quantitative estimate of drug-likeness (QED) is 0.195. The van der Waals surface area contributed by atoms with Gasteiger partial charge >= 0.3 is 11.9 Å². The van der Waals surface area contributed by atoms with E-state index >= 15 is 0 Å². The third-order valence-corrected chi connectivity index (χ3v) is 5.55. The Balaban J connectivity index is 1.77. The van der Waals surface area contributed by atoms with Crippen molar-refractivity contribution in [3.05, 3.63) is 89.1 Å². The number of rotatable bonds is 9. The highest BCUT2D eigenvalue weighted by molar-refractivity contribution is 6.05. The first-order valence-electron chi connectivity index (χ1n) is 10.8. The molecule has 0 atom stereocenters. The average molecular weight is 432 g/mol. The zero-order valence-corrected chi connectivity index (χ0v) is 18.9. The molecular weight excluding hydrogens is 402 g/mol. The van der Waals surface area contributed by atoms with Gasteiger partial charge in [0.1, 0.15) is 0 Å². The monoisotopic (exact) mass is 431 g/mol. The van der Waals surface area contributed by atoms with E-state index < -0.39 is 5.97 Å². The predicted molar refractivity (Wildman–Crippen MR) is 128 cm³/mol. The van der Waals surface area contributed by atoms with Crippen molar-refractivity contribution in [2.75, 3.05) is 6.61 Å². The minimum atomic E-state index is -0.926. The van der Waals surface area contributed by atoms with Crippen LogP contribution in [0.5, 0.6) is 0 Å². The number of hydrogen-bond donors (Lipinski definition) is 1. The van der Waals surface area contributed by atoms with E-state index in [-0.39, 0.29) is 11.5 Å². The maximum atomic E-state index is 12.4. The first-order valence-corrected chi connectivity index (χ1v) is 10.8. The van der Waals surface area contributed by atoms with Crippen LogP contribution in [-0.4, -0.2) is 28.2 Å². The minimum Gasteiger partial charge on any atom is -0.478 e. The molecular formula is C27H29NO4. The summed E-state index contributed by atoms with van der Waals surface area (Å²) in [7, 11) is 0. The number of aromatic carboxylic acids is 1. The number of ether oxygens (including phenoxy) is 1. The van der Waals surface area contributed by atoms with Gasteiger partial charge in [-0.15, -0.1) is 0 Å². The zero-order valence-electron chi connectivity index (χ0n) is 18.9. The van der Waals surface area contributed by atoms with Crippen LogP contribution in [0.1, 0.15) is 53.7 Å². The lowest BCUT2D eigenvalue weighted by Crippen LogP contribution is -2.10. The highest BCUT2D eigenvalue weighted by Crippen LogP contribution is 2.26. The number of aromatic nitrogens is 1. The third-order valence-electron chi connectivity index (χ3n) is 5.55. The molecule has 3 aromatic rings. The lowest BCUT2D eigenvalue weighted by molar-refractivity contribution is -0.138. The molecule has 0 amide bonds. The van der Waals surface area contributed by atoms with Crippen LogP contribution in [0.15, 0.2) is 66.9 Å². The molecule has 0 saturated heterocycles. The molecule has 5 heteroatoms. The molecule has 166 valence electrons. The van der Waals surface area contributed by atoms with Gasteiger partial charge in [-0.2, -0.15) is 0 Å². The predicted octanol–water partition coefficient (Wildman–Crippen LogP) is 6.00. The van der Waals surface area contributed by atoms with E-state index in [2.05, 4.69) is 18.1 Å². The second kappa shape index (κ2) is 10.1. The molecule has 1 aromatic heterocycles. The topological polar surface area (TPSA) is 68.5 Å². The molecule has 0 spiro atoms. The van der Waals surface area contributed by atoms with Gasteiger partial charge in [0.15, 0.2) is 0 Å². The van der Waals surface area contributed by atoms with Gasteiger partial charge in [-0.3, -0.25) is 0 Å². The molecule has 1 heterocycles. The third kappa shape index (κ3) is 4.99. The lowest BCUT2D eigenvalue weighted by atomic mass is 9.98. The summed E-state index contributed by atoms with van der Waals surface area (Å²) in [6, 6.07) is 13.2. The Kier molecular flexibility index (Phi) is 7.31. The molecule has 0 aliphatic rings. The Bertz CT molecular complexity index is 1180. The number of carboxylic acids is 1. The zero-order chi connectivity index (χ0) is 23.3. The summed E-state index contributed by atoms with van der Waals surface area (Å²) in [5, 5.41) is 10.2. The summed E-state index contributed by atoms with van der Waals surface area (Å²) in [5.74, 6) is -1.27. The Morgan fingerprint density at radius 2 is 1.81 bits per heavy atom. The van der Waals surface area contributed by atoms with E-state index in [0.29, 0.717) is 24.3 Å². The van der Waals surface area contributed by atoms with Gasteiger partial charge in [0.25, 0.3) is 0 Å². The van der Waals surface area contributed by atoms with E-state index in [1.165, 1.54) is 0 Å². The summed E-state index contributed by atoms with van der Waals surface area (Å²) in [6.07, 6.45) is 5.59. The van der Waals surface area contributed by atoms with Crippen molar-refractivity contribution in [1.29, 1.82) is 0 Å². The van der Waals surface area contributed by atoms with Gasteiger partial charge in [0.05, 0.1) is 17.7 Å². The highest BCUT2D eigenvalue weighted by Gasteiger charge is 2.15. The summed E-state index contributed by atoms with van der Waals surface area (Å²) in [5.41, 5.74) is 5.40. The van der Waals surface area contributed by atoms with Gasteiger partial charge in [-0.1, -0.05) is 50.3 Å². The number of hydrogen-bond acceptors (Lipinski definition) is 3. The van der Waals surface area contributed by atoms with Gasteiger partial charge in [0, 0.05) is 23.6 Å². The van der Waals surface area contributed by atoms with Crippen molar-refractivity contribution in [1.82, 2.24) is 4.57 Å². The van der Waals surface area contributed by atoms with Crippen LogP contribution in [0.2, 0.25) is 0 Å². The van der Waals surface area contributed by atoms with Crippen molar-refractivity contribution in [2.45, 2.75) is 40.2 Å². The molecule has 32 heavy (non-hydrogen) atoms. The van der Waals surface area contributed by atoms with Crippen LogP contribution in [0.3, 0.4) is 0 Å². The Morgan fingerprint density at radius 1 is 1.12 bits per heavy atom. The molecule has 0 bridgehead atoms.